The highest BCUT2D eigenvalue weighted by Gasteiger charge is 2.30. The Morgan fingerprint density at radius 1 is 0.480 bits per heavy atom. The van der Waals surface area contributed by atoms with E-state index in [1.165, 1.54) is 148 Å². The van der Waals surface area contributed by atoms with E-state index < -0.39 is 25.9 Å². The number of quaternary nitrogens is 1. The molecule has 0 aliphatic carbocycles. The SMILES string of the molecule is CC/C=C\C/C=C\C/C=C\C/C=C\C/C=C\C/C=C\CCC(=O)OC(/C=C/CCCCCCCCCCCCC)C(COP(=O)(O)OCC[N+](C)(C)C)NC(=O)CCCCCCCCCCCCCCCCCCC. The van der Waals surface area contributed by atoms with Gasteiger partial charge in [-0.3, -0.25) is 18.6 Å². The predicted octanol–water partition coefficient (Wildman–Crippen LogP) is 19.0. The molecule has 10 heteroatoms. The largest absolute Gasteiger partial charge is 0.472 e. The Bertz CT molecular complexity index is 1560. The van der Waals surface area contributed by atoms with Crippen LogP contribution in [0.1, 0.15) is 265 Å². The molecule has 0 aliphatic rings. The monoisotopic (exact) mass is 1070 g/mol. The second-order valence-corrected chi connectivity index (χ2v) is 23.3. The van der Waals surface area contributed by atoms with Crippen molar-refractivity contribution in [2.24, 2.45) is 0 Å². The maximum atomic E-state index is 13.5. The van der Waals surface area contributed by atoms with Gasteiger partial charge in [0, 0.05) is 12.8 Å². The van der Waals surface area contributed by atoms with E-state index in [2.05, 4.69) is 92.9 Å². The number of nitrogens with zero attached hydrogens (tertiary/aromatic N) is 1. The average Bonchev–Trinajstić information content (AvgIpc) is 3.37. The molecule has 1 amide bonds. The molecular formula is C65H118N2O7P+. The summed E-state index contributed by atoms with van der Waals surface area (Å²) < 4.78 is 30.6. The maximum absolute atomic E-state index is 13.5. The van der Waals surface area contributed by atoms with Gasteiger partial charge in [0.25, 0.3) is 0 Å². The van der Waals surface area contributed by atoms with Crippen LogP contribution in [0, 0.1) is 0 Å². The minimum atomic E-state index is -4.47. The number of amides is 1. The van der Waals surface area contributed by atoms with E-state index >= 15 is 0 Å². The predicted molar refractivity (Wildman–Crippen MR) is 323 cm³/mol. The van der Waals surface area contributed by atoms with Crippen LogP contribution >= 0.6 is 7.82 Å². The third-order valence-electron chi connectivity index (χ3n) is 13.4. The van der Waals surface area contributed by atoms with Crippen molar-refractivity contribution in [2.45, 2.75) is 277 Å². The number of likely N-dealkylation sites (N-methyl/N-ethyl adjacent to an activating group) is 1. The quantitative estimate of drug-likeness (QED) is 0.0205. The zero-order valence-corrected chi connectivity index (χ0v) is 50.4. The molecule has 75 heavy (non-hydrogen) atoms. The molecule has 0 bridgehead atoms. The van der Waals surface area contributed by atoms with E-state index in [1.807, 2.05) is 39.4 Å². The van der Waals surface area contributed by atoms with Crippen LogP contribution in [0.2, 0.25) is 0 Å². The molecule has 3 unspecified atom stereocenters. The van der Waals surface area contributed by atoms with Crippen molar-refractivity contribution in [3.05, 3.63) is 85.1 Å². The summed E-state index contributed by atoms with van der Waals surface area (Å²) in [6.45, 7) is 6.87. The van der Waals surface area contributed by atoms with Gasteiger partial charge in [0.2, 0.25) is 5.91 Å². The van der Waals surface area contributed by atoms with E-state index in [1.54, 1.807) is 0 Å². The molecule has 0 aromatic rings. The van der Waals surface area contributed by atoms with E-state index in [-0.39, 0.29) is 25.5 Å². The number of carbonyl (C=O) groups is 2. The first-order chi connectivity index (χ1) is 36.4. The number of carbonyl (C=O) groups excluding carboxylic acids is 2. The lowest BCUT2D eigenvalue weighted by Crippen LogP contribution is -2.47. The number of nitrogens with one attached hydrogen (secondary N) is 1. The molecule has 0 saturated carbocycles. The molecule has 0 rings (SSSR count). The summed E-state index contributed by atoms with van der Waals surface area (Å²) in [5.41, 5.74) is 0. The van der Waals surface area contributed by atoms with Crippen molar-refractivity contribution in [1.29, 1.82) is 0 Å². The van der Waals surface area contributed by atoms with Gasteiger partial charge in [0.15, 0.2) is 0 Å². The van der Waals surface area contributed by atoms with E-state index in [9.17, 15) is 19.0 Å². The highest BCUT2D eigenvalue weighted by atomic mass is 31.2. The number of allylic oxidation sites excluding steroid dienone is 13. The molecule has 0 fully saturated rings. The molecule has 0 aromatic heterocycles. The third-order valence-corrected chi connectivity index (χ3v) is 14.3. The summed E-state index contributed by atoms with van der Waals surface area (Å²) in [5.74, 6) is -0.598. The molecule has 0 heterocycles. The lowest BCUT2D eigenvalue weighted by atomic mass is 10.0. The molecule has 0 radical (unpaired) electrons. The maximum Gasteiger partial charge on any atom is 0.472 e. The van der Waals surface area contributed by atoms with Gasteiger partial charge >= 0.3 is 13.8 Å². The molecule has 0 spiro atoms. The molecule has 0 aromatic carbocycles. The van der Waals surface area contributed by atoms with Crippen LogP contribution in [0.25, 0.3) is 0 Å². The minimum absolute atomic E-state index is 0.0273. The fourth-order valence-electron chi connectivity index (χ4n) is 8.61. The minimum Gasteiger partial charge on any atom is -0.456 e. The van der Waals surface area contributed by atoms with Crippen LogP contribution in [0.5, 0.6) is 0 Å². The second kappa shape index (κ2) is 54.5. The Balaban J connectivity index is 5.41. The number of hydrogen-bond acceptors (Lipinski definition) is 6. The Morgan fingerprint density at radius 2 is 0.867 bits per heavy atom. The third kappa shape index (κ3) is 55.7. The lowest BCUT2D eigenvalue weighted by Gasteiger charge is -2.27. The van der Waals surface area contributed by atoms with Crippen molar-refractivity contribution in [1.82, 2.24) is 5.32 Å². The van der Waals surface area contributed by atoms with Crippen LogP contribution in [-0.2, 0) is 27.9 Å². The van der Waals surface area contributed by atoms with Crippen molar-refractivity contribution >= 4 is 19.7 Å². The molecule has 0 saturated heterocycles. The summed E-state index contributed by atoms with van der Waals surface area (Å²) in [7, 11) is 1.46. The summed E-state index contributed by atoms with van der Waals surface area (Å²) in [4.78, 5) is 37.7. The standard InChI is InChI=1S/C65H117N2O7P/c1-7-10-13-16-19-22-25-28-30-32-33-35-37-40-43-46-49-52-55-58-65(69)74-63(56-53-50-47-44-41-38-27-24-21-18-15-12-9-3)62(61-73-75(70,71)72-60-59-67(4,5)6)66-64(68)57-54-51-48-45-42-39-36-34-31-29-26-23-20-17-14-11-8-2/h10,13,19,22,28,30,33,35,40,43,49,52-53,56,62-63H,7-9,11-12,14-18,20-21,23-27,29,31-32,34,36-39,41-42,44-48,50-51,54-55,57-61H2,1-6H3,(H-,66,68,70,71)/p+1/b13-10-,22-19-,30-28-,35-33-,43-40-,52-49-,56-53+. The number of esters is 1. The van der Waals surface area contributed by atoms with E-state index in [4.69, 9.17) is 13.8 Å². The first-order valence-electron chi connectivity index (χ1n) is 30.9. The van der Waals surface area contributed by atoms with Gasteiger partial charge in [0.1, 0.15) is 19.3 Å². The van der Waals surface area contributed by atoms with E-state index in [0.29, 0.717) is 23.9 Å². The zero-order valence-electron chi connectivity index (χ0n) is 49.5. The Morgan fingerprint density at radius 3 is 1.28 bits per heavy atom. The highest BCUT2D eigenvalue weighted by molar-refractivity contribution is 7.47. The molecule has 0 aliphatic heterocycles. The van der Waals surface area contributed by atoms with Crippen LogP contribution in [0.4, 0.5) is 0 Å². The van der Waals surface area contributed by atoms with Crippen molar-refractivity contribution in [2.75, 3.05) is 40.9 Å². The number of phosphoric ester groups is 1. The molecule has 434 valence electrons. The first kappa shape index (κ1) is 72.2. The van der Waals surface area contributed by atoms with Crippen LogP contribution in [0.3, 0.4) is 0 Å². The molecule has 3 atom stereocenters. The smallest absolute Gasteiger partial charge is 0.456 e. The van der Waals surface area contributed by atoms with Gasteiger partial charge in [-0.05, 0) is 70.3 Å². The Hall–Kier alpha value is -2.81. The Kier molecular flexibility index (Phi) is 52.5. The number of hydrogen-bond donors (Lipinski definition) is 2. The second-order valence-electron chi connectivity index (χ2n) is 21.9. The number of unbranched alkanes of at least 4 members (excludes halogenated alkanes) is 27. The topological polar surface area (TPSA) is 111 Å². The lowest BCUT2D eigenvalue weighted by molar-refractivity contribution is -0.870. The van der Waals surface area contributed by atoms with Crippen LogP contribution < -0.4 is 5.32 Å². The van der Waals surface area contributed by atoms with E-state index in [0.717, 1.165) is 77.0 Å². The van der Waals surface area contributed by atoms with Crippen molar-refractivity contribution in [3.8, 4) is 0 Å². The van der Waals surface area contributed by atoms with Gasteiger partial charge in [0.05, 0.1) is 33.8 Å². The summed E-state index contributed by atoms with van der Waals surface area (Å²) in [5, 5.41) is 3.04. The number of ether oxygens (including phenoxy) is 1. The van der Waals surface area contributed by atoms with Crippen LogP contribution in [0.15, 0.2) is 85.1 Å². The molecule has 9 nitrogen and oxygen atoms in total. The van der Waals surface area contributed by atoms with Gasteiger partial charge in [-0.15, -0.1) is 0 Å². The fourth-order valence-corrected chi connectivity index (χ4v) is 9.35. The number of rotatable bonds is 55. The first-order valence-corrected chi connectivity index (χ1v) is 32.4. The highest BCUT2D eigenvalue weighted by Crippen LogP contribution is 2.43. The summed E-state index contributed by atoms with van der Waals surface area (Å²) >= 11 is 0. The Labute approximate surface area is 463 Å². The molecular weight excluding hydrogens is 952 g/mol. The van der Waals surface area contributed by atoms with Crippen molar-refractivity contribution in [3.63, 3.8) is 0 Å². The average molecular weight is 1070 g/mol. The molecule has 2 N–H and O–H groups in total. The normalized spacial score (nSPS) is 14.3. The summed E-state index contributed by atoms with van der Waals surface area (Å²) in [6, 6.07) is -0.880. The van der Waals surface area contributed by atoms with Gasteiger partial charge in [-0.25, -0.2) is 4.57 Å². The fraction of sp³-hybridized carbons (Fsp3) is 0.754. The number of phosphoric acid groups is 1. The van der Waals surface area contributed by atoms with Gasteiger partial charge in [-0.2, -0.15) is 0 Å². The van der Waals surface area contributed by atoms with Crippen molar-refractivity contribution < 1.29 is 37.3 Å². The zero-order chi connectivity index (χ0) is 55.0. The van der Waals surface area contributed by atoms with Crippen LogP contribution in [-0.4, -0.2) is 74.3 Å². The van der Waals surface area contributed by atoms with Gasteiger partial charge in [-0.1, -0.05) is 267 Å². The van der Waals surface area contributed by atoms with Gasteiger partial charge < -0.3 is 19.4 Å². The summed E-state index contributed by atoms with van der Waals surface area (Å²) in [6.07, 6.45) is 71.6.